The number of halogens is 1. The molecule has 0 aliphatic carbocycles. The normalized spacial score (nSPS) is 10.5. The van der Waals surface area contributed by atoms with Gasteiger partial charge in [-0.05, 0) is 17.7 Å². The number of rotatable bonds is 5. The second-order valence-electron chi connectivity index (χ2n) is 3.82. The summed E-state index contributed by atoms with van der Waals surface area (Å²) in [6.45, 7) is 4.49. The molecule has 0 saturated heterocycles. The van der Waals surface area contributed by atoms with Gasteiger partial charge in [0.05, 0.1) is 6.54 Å². The van der Waals surface area contributed by atoms with E-state index in [1.165, 1.54) is 0 Å². The van der Waals surface area contributed by atoms with Crippen molar-refractivity contribution in [1.82, 2.24) is 5.32 Å². The van der Waals surface area contributed by atoms with E-state index in [0.29, 0.717) is 5.02 Å². The molecule has 1 aromatic rings. The molecule has 0 spiro atoms. The molecule has 16 heavy (non-hydrogen) atoms. The van der Waals surface area contributed by atoms with Crippen LogP contribution < -0.4 is 5.32 Å². The van der Waals surface area contributed by atoms with Crippen LogP contribution in [0, 0.1) is 0 Å². The standard InChI is InChI=1S/C12H16ClNO2/c1-9(2)14-7-12(15)16-8-10-3-5-11(13)6-4-10/h3-6,9,14H,7-8H2,1-2H3. The lowest BCUT2D eigenvalue weighted by Crippen LogP contribution is -2.30. The van der Waals surface area contributed by atoms with Gasteiger partial charge < -0.3 is 10.1 Å². The van der Waals surface area contributed by atoms with Gasteiger partial charge in [0.1, 0.15) is 6.61 Å². The van der Waals surface area contributed by atoms with E-state index >= 15 is 0 Å². The van der Waals surface area contributed by atoms with Crippen molar-refractivity contribution in [3.8, 4) is 0 Å². The first-order valence-corrected chi connectivity index (χ1v) is 5.59. The molecule has 0 heterocycles. The van der Waals surface area contributed by atoms with Crippen molar-refractivity contribution in [2.75, 3.05) is 6.54 Å². The Labute approximate surface area is 101 Å². The molecule has 0 bridgehead atoms. The van der Waals surface area contributed by atoms with Crippen LogP contribution in [0.2, 0.25) is 5.02 Å². The Balaban J connectivity index is 2.29. The molecule has 0 aromatic heterocycles. The van der Waals surface area contributed by atoms with Crippen molar-refractivity contribution in [2.45, 2.75) is 26.5 Å². The third-order valence-corrected chi connectivity index (χ3v) is 2.22. The highest BCUT2D eigenvalue weighted by atomic mass is 35.5. The molecule has 1 N–H and O–H groups in total. The molecule has 4 heteroatoms. The summed E-state index contributed by atoms with van der Waals surface area (Å²) in [4.78, 5) is 11.3. The molecular formula is C12H16ClNO2. The summed E-state index contributed by atoms with van der Waals surface area (Å²) >= 11 is 5.74. The second-order valence-corrected chi connectivity index (χ2v) is 4.26. The van der Waals surface area contributed by atoms with Crippen LogP contribution in [0.5, 0.6) is 0 Å². The molecule has 0 radical (unpaired) electrons. The Morgan fingerprint density at radius 3 is 2.56 bits per heavy atom. The number of carbonyl (C=O) groups is 1. The minimum Gasteiger partial charge on any atom is -0.460 e. The van der Waals surface area contributed by atoms with Crippen LogP contribution in [0.4, 0.5) is 0 Å². The monoisotopic (exact) mass is 241 g/mol. The summed E-state index contributed by atoms with van der Waals surface area (Å²) in [7, 11) is 0. The van der Waals surface area contributed by atoms with E-state index in [9.17, 15) is 4.79 Å². The number of ether oxygens (including phenoxy) is 1. The highest BCUT2D eigenvalue weighted by molar-refractivity contribution is 6.30. The van der Waals surface area contributed by atoms with Crippen LogP contribution in [0.15, 0.2) is 24.3 Å². The minimum absolute atomic E-state index is 0.241. The molecule has 0 amide bonds. The molecule has 3 nitrogen and oxygen atoms in total. The average molecular weight is 242 g/mol. The Morgan fingerprint density at radius 2 is 2.00 bits per heavy atom. The summed E-state index contributed by atoms with van der Waals surface area (Å²) in [5, 5.41) is 3.67. The van der Waals surface area contributed by atoms with E-state index in [0.717, 1.165) is 5.56 Å². The van der Waals surface area contributed by atoms with Crippen molar-refractivity contribution in [3.63, 3.8) is 0 Å². The second kappa shape index (κ2) is 6.51. The first-order chi connectivity index (χ1) is 7.58. The fraction of sp³-hybridized carbons (Fsp3) is 0.417. The Morgan fingerprint density at radius 1 is 1.38 bits per heavy atom. The number of benzene rings is 1. The van der Waals surface area contributed by atoms with Gasteiger partial charge in [0, 0.05) is 11.1 Å². The van der Waals surface area contributed by atoms with Gasteiger partial charge in [-0.25, -0.2) is 0 Å². The zero-order valence-electron chi connectivity index (χ0n) is 9.50. The predicted octanol–water partition coefficient (Wildman–Crippen LogP) is 2.38. The SMILES string of the molecule is CC(C)NCC(=O)OCc1ccc(Cl)cc1. The van der Waals surface area contributed by atoms with Crippen LogP contribution >= 0.6 is 11.6 Å². The highest BCUT2D eigenvalue weighted by Crippen LogP contribution is 2.10. The lowest BCUT2D eigenvalue weighted by Gasteiger charge is -2.08. The van der Waals surface area contributed by atoms with E-state index in [-0.39, 0.29) is 25.2 Å². The Kier molecular flexibility index (Phi) is 5.29. The van der Waals surface area contributed by atoms with Crippen molar-refractivity contribution in [3.05, 3.63) is 34.9 Å². The average Bonchev–Trinajstić information content (AvgIpc) is 2.25. The van der Waals surface area contributed by atoms with Crippen LogP contribution in [-0.2, 0) is 16.1 Å². The van der Waals surface area contributed by atoms with E-state index in [4.69, 9.17) is 16.3 Å². The molecule has 0 aliphatic heterocycles. The number of nitrogens with one attached hydrogen (secondary N) is 1. The zero-order valence-corrected chi connectivity index (χ0v) is 10.3. The van der Waals surface area contributed by atoms with E-state index in [1.807, 2.05) is 26.0 Å². The van der Waals surface area contributed by atoms with Crippen molar-refractivity contribution in [1.29, 1.82) is 0 Å². The number of hydrogen-bond donors (Lipinski definition) is 1. The molecule has 1 rings (SSSR count). The van der Waals surface area contributed by atoms with Crippen LogP contribution in [-0.4, -0.2) is 18.6 Å². The van der Waals surface area contributed by atoms with Crippen molar-refractivity contribution < 1.29 is 9.53 Å². The van der Waals surface area contributed by atoms with Gasteiger partial charge in [-0.3, -0.25) is 4.79 Å². The first-order valence-electron chi connectivity index (χ1n) is 5.21. The maximum atomic E-state index is 11.3. The number of hydrogen-bond acceptors (Lipinski definition) is 3. The quantitative estimate of drug-likeness (QED) is 0.805. The van der Waals surface area contributed by atoms with Gasteiger partial charge in [-0.2, -0.15) is 0 Å². The first kappa shape index (κ1) is 13.0. The summed E-state index contributed by atoms with van der Waals surface area (Å²) < 4.78 is 5.07. The van der Waals surface area contributed by atoms with Gasteiger partial charge in [-0.15, -0.1) is 0 Å². The van der Waals surface area contributed by atoms with Gasteiger partial charge in [-0.1, -0.05) is 37.6 Å². The van der Waals surface area contributed by atoms with Crippen molar-refractivity contribution in [2.24, 2.45) is 0 Å². The molecule has 0 unspecified atom stereocenters. The largest absolute Gasteiger partial charge is 0.460 e. The topological polar surface area (TPSA) is 38.3 Å². The molecule has 0 saturated carbocycles. The maximum Gasteiger partial charge on any atom is 0.320 e. The Bertz CT molecular complexity index is 335. The number of esters is 1. The maximum absolute atomic E-state index is 11.3. The van der Waals surface area contributed by atoms with E-state index in [2.05, 4.69) is 5.32 Å². The molecule has 0 aliphatic rings. The van der Waals surface area contributed by atoms with Gasteiger partial charge >= 0.3 is 5.97 Å². The summed E-state index contributed by atoms with van der Waals surface area (Å²) in [5.41, 5.74) is 0.933. The third kappa shape index (κ3) is 5.14. The molecule has 88 valence electrons. The van der Waals surface area contributed by atoms with E-state index in [1.54, 1.807) is 12.1 Å². The molecular weight excluding hydrogens is 226 g/mol. The smallest absolute Gasteiger partial charge is 0.320 e. The molecule has 1 aromatic carbocycles. The highest BCUT2D eigenvalue weighted by Gasteiger charge is 2.03. The zero-order chi connectivity index (χ0) is 12.0. The van der Waals surface area contributed by atoms with Crippen LogP contribution in [0.25, 0.3) is 0 Å². The van der Waals surface area contributed by atoms with Gasteiger partial charge in [0.25, 0.3) is 0 Å². The summed E-state index contributed by atoms with van der Waals surface area (Å²) in [6.07, 6.45) is 0. The fourth-order valence-electron chi connectivity index (χ4n) is 1.08. The lowest BCUT2D eigenvalue weighted by atomic mass is 10.2. The molecule has 0 fully saturated rings. The van der Waals surface area contributed by atoms with Gasteiger partial charge in [0.2, 0.25) is 0 Å². The summed E-state index contributed by atoms with van der Waals surface area (Å²) in [5.74, 6) is -0.247. The molecule has 0 atom stereocenters. The fourth-order valence-corrected chi connectivity index (χ4v) is 1.21. The Hall–Kier alpha value is -1.06. The minimum atomic E-state index is -0.247. The predicted molar refractivity (Wildman–Crippen MR) is 64.4 cm³/mol. The van der Waals surface area contributed by atoms with Crippen LogP contribution in [0.1, 0.15) is 19.4 Å². The van der Waals surface area contributed by atoms with Gasteiger partial charge in [0.15, 0.2) is 0 Å². The van der Waals surface area contributed by atoms with E-state index < -0.39 is 0 Å². The van der Waals surface area contributed by atoms with Crippen LogP contribution in [0.3, 0.4) is 0 Å². The van der Waals surface area contributed by atoms with Crippen molar-refractivity contribution >= 4 is 17.6 Å². The lowest BCUT2D eigenvalue weighted by molar-refractivity contribution is -0.143. The third-order valence-electron chi connectivity index (χ3n) is 1.97. The number of carbonyl (C=O) groups excluding carboxylic acids is 1. The summed E-state index contributed by atoms with van der Waals surface area (Å²) in [6, 6.07) is 7.51.